The fourth-order valence-electron chi connectivity index (χ4n) is 1.54. The van der Waals surface area contributed by atoms with Crippen LogP contribution in [0.3, 0.4) is 0 Å². The standard InChI is InChI=1S/C13H12ClNO2S2/c1-2-5-17-10-4-3-9(14)6-8(10)7-11-12(16)15-13(18)19-11/h3-4,6-7H,2,5H2,1H3,(H,15,16,18). The topological polar surface area (TPSA) is 38.3 Å². The van der Waals surface area contributed by atoms with E-state index >= 15 is 0 Å². The highest BCUT2D eigenvalue weighted by atomic mass is 35.5. The monoisotopic (exact) mass is 313 g/mol. The van der Waals surface area contributed by atoms with E-state index in [0.29, 0.717) is 26.6 Å². The summed E-state index contributed by atoms with van der Waals surface area (Å²) in [6.07, 6.45) is 2.66. The van der Waals surface area contributed by atoms with Crippen LogP contribution in [0.1, 0.15) is 18.9 Å². The first-order valence-corrected chi connectivity index (χ1v) is 7.37. The summed E-state index contributed by atoms with van der Waals surface area (Å²) in [5.74, 6) is 0.529. The Morgan fingerprint density at radius 3 is 2.95 bits per heavy atom. The molecule has 2 rings (SSSR count). The molecule has 1 aromatic carbocycles. The molecule has 3 nitrogen and oxygen atoms in total. The van der Waals surface area contributed by atoms with Crippen molar-refractivity contribution in [3.8, 4) is 5.75 Å². The molecule has 1 saturated heterocycles. The first-order chi connectivity index (χ1) is 9.10. The Bertz CT molecular complexity index is 558. The Morgan fingerprint density at radius 2 is 2.32 bits per heavy atom. The summed E-state index contributed by atoms with van der Waals surface area (Å²) < 4.78 is 6.10. The number of halogens is 1. The van der Waals surface area contributed by atoms with E-state index in [9.17, 15) is 4.79 Å². The summed E-state index contributed by atoms with van der Waals surface area (Å²) in [6, 6.07) is 5.34. The lowest BCUT2D eigenvalue weighted by Gasteiger charge is -2.08. The van der Waals surface area contributed by atoms with E-state index in [4.69, 9.17) is 28.6 Å². The van der Waals surface area contributed by atoms with Crippen LogP contribution in [0, 0.1) is 0 Å². The molecule has 0 aromatic heterocycles. The van der Waals surface area contributed by atoms with Crippen molar-refractivity contribution >= 4 is 51.9 Å². The molecule has 1 aliphatic heterocycles. The van der Waals surface area contributed by atoms with Gasteiger partial charge in [0.15, 0.2) is 0 Å². The third-order valence-electron chi connectivity index (χ3n) is 2.36. The van der Waals surface area contributed by atoms with Gasteiger partial charge in [0.1, 0.15) is 10.1 Å². The second-order valence-electron chi connectivity index (χ2n) is 3.88. The second-order valence-corrected chi connectivity index (χ2v) is 6.04. The van der Waals surface area contributed by atoms with Gasteiger partial charge in [-0.15, -0.1) is 0 Å². The molecule has 0 unspecified atom stereocenters. The molecular weight excluding hydrogens is 302 g/mol. The smallest absolute Gasteiger partial charge is 0.263 e. The third-order valence-corrected chi connectivity index (χ3v) is 3.76. The molecule has 1 heterocycles. The molecule has 1 aromatic rings. The van der Waals surface area contributed by atoms with Gasteiger partial charge in [-0.2, -0.15) is 0 Å². The molecule has 0 bridgehead atoms. The summed E-state index contributed by atoms with van der Waals surface area (Å²) in [4.78, 5) is 12.2. The van der Waals surface area contributed by atoms with Crippen molar-refractivity contribution in [1.29, 1.82) is 0 Å². The van der Waals surface area contributed by atoms with Gasteiger partial charge in [-0.3, -0.25) is 4.79 Å². The van der Waals surface area contributed by atoms with Gasteiger partial charge in [-0.05, 0) is 30.7 Å². The van der Waals surface area contributed by atoms with Crippen LogP contribution in [-0.2, 0) is 4.79 Å². The van der Waals surface area contributed by atoms with Crippen LogP contribution < -0.4 is 10.1 Å². The molecule has 0 atom stereocenters. The first kappa shape index (κ1) is 14.4. The number of hydrogen-bond acceptors (Lipinski definition) is 4. The van der Waals surface area contributed by atoms with Gasteiger partial charge in [0.05, 0.1) is 11.5 Å². The van der Waals surface area contributed by atoms with Gasteiger partial charge in [0.2, 0.25) is 0 Å². The van der Waals surface area contributed by atoms with Crippen molar-refractivity contribution in [2.75, 3.05) is 6.61 Å². The molecule has 19 heavy (non-hydrogen) atoms. The number of ether oxygens (including phenoxy) is 1. The number of amides is 1. The van der Waals surface area contributed by atoms with Crippen LogP contribution in [0.4, 0.5) is 0 Å². The van der Waals surface area contributed by atoms with Crippen LogP contribution >= 0.6 is 35.6 Å². The summed E-state index contributed by atoms with van der Waals surface area (Å²) in [5, 5.41) is 3.18. The van der Waals surface area contributed by atoms with E-state index in [1.165, 1.54) is 11.8 Å². The number of thiocarbonyl (C=S) groups is 1. The summed E-state index contributed by atoms with van der Waals surface area (Å²) >= 11 is 12.2. The van der Waals surface area contributed by atoms with Gasteiger partial charge in [-0.1, -0.05) is 42.5 Å². The number of carbonyl (C=O) groups is 1. The highest BCUT2D eigenvalue weighted by molar-refractivity contribution is 8.26. The lowest BCUT2D eigenvalue weighted by Crippen LogP contribution is -2.17. The van der Waals surface area contributed by atoms with Gasteiger partial charge in [-0.25, -0.2) is 0 Å². The highest BCUT2D eigenvalue weighted by Gasteiger charge is 2.22. The number of rotatable bonds is 4. The Morgan fingerprint density at radius 1 is 1.53 bits per heavy atom. The number of thioether (sulfide) groups is 1. The molecule has 1 amide bonds. The molecule has 100 valence electrons. The minimum atomic E-state index is -0.184. The predicted molar refractivity (Wildman–Crippen MR) is 83.5 cm³/mol. The van der Waals surface area contributed by atoms with Crippen LogP contribution in [0.15, 0.2) is 23.1 Å². The SMILES string of the molecule is CCCOc1ccc(Cl)cc1C=C1SC(=S)NC1=O. The average molecular weight is 314 g/mol. The molecular formula is C13H12ClNO2S2. The molecule has 0 saturated carbocycles. The second kappa shape index (κ2) is 6.41. The number of nitrogens with one attached hydrogen (secondary N) is 1. The Labute approximate surface area is 126 Å². The van der Waals surface area contributed by atoms with E-state index in [1.807, 2.05) is 6.92 Å². The molecule has 1 aliphatic rings. The fraction of sp³-hybridized carbons (Fsp3) is 0.231. The van der Waals surface area contributed by atoms with E-state index in [0.717, 1.165) is 12.0 Å². The summed E-state index contributed by atoms with van der Waals surface area (Å²) in [7, 11) is 0. The van der Waals surface area contributed by atoms with Crippen LogP contribution in [0.2, 0.25) is 5.02 Å². The van der Waals surface area contributed by atoms with Gasteiger partial charge >= 0.3 is 0 Å². The van der Waals surface area contributed by atoms with E-state index < -0.39 is 0 Å². The first-order valence-electron chi connectivity index (χ1n) is 5.77. The quantitative estimate of drug-likeness (QED) is 0.680. The number of carbonyl (C=O) groups excluding carboxylic acids is 1. The largest absolute Gasteiger partial charge is 0.493 e. The Hall–Kier alpha value is -1.04. The van der Waals surface area contributed by atoms with Crippen LogP contribution in [-0.4, -0.2) is 16.8 Å². The molecule has 1 N–H and O–H groups in total. The Balaban J connectivity index is 2.32. The molecule has 1 fully saturated rings. The highest BCUT2D eigenvalue weighted by Crippen LogP contribution is 2.30. The molecule has 0 aliphatic carbocycles. The predicted octanol–water partition coefficient (Wildman–Crippen LogP) is 3.62. The lowest BCUT2D eigenvalue weighted by molar-refractivity contribution is -0.115. The molecule has 6 heteroatoms. The van der Waals surface area contributed by atoms with E-state index in [2.05, 4.69) is 5.32 Å². The third kappa shape index (κ3) is 3.72. The number of hydrogen-bond donors (Lipinski definition) is 1. The maximum Gasteiger partial charge on any atom is 0.263 e. The van der Waals surface area contributed by atoms with E-state index in [-0.39, 0.29) is 5.91 Å². The lowest BCUT2D eigenvalue weighted by atomic mass is 10.2. The van der Waals surface area contributed by atoms with Gasteiger partial charge in [0, 0.05) is 10.6 Å². The van der Waals surface area contributed by atoms with Crippen molar-refractivity contribution in [2.24, 2.45) is 0 Å². The maximum absolute atomic E-state index is 11.6. The van der Waals surface area contributed by atoms with Crippen molar-refractivity contribution in [2.45, 2.75) is 13.3 Å². The fourth-order valence-corrected chi connectivity index (χ4v) is 2.75. The zero-order valence-corrected chi connectivity index (χ0v) is 12.6. The number of benzene rings is 1. The zero-order chi connectivity index (χ0) is 13.8. The zero-order valence-electron chi connectivity index (χ0n) is 10.2. The molecule has 0 radical (unpaired) electrons. The van der Waals surface area contributed by atoms with Crippen molar-refractivity contribution in [1.82, 2.24) is 5.32 Å². The van der Waals surface area contributed by atoms with Gasteiger partial charge in [0.25, 0.3) is 5.91 Å². The Kier molecular flexibility index (Phi) is 4.85. The maximum atomic E-state index is 11.6. The minimum Gasteiger partial charge on any atom is -0.493 e. The normalized spacial score (nSPS) is 16.8. The van der Waals surface area contributed by atoms with Crippen molar-refractivity contribution in [3.63, 3.8) is 0 Å². The van der Waals surface area contributed by atoms with Gasteiger partial charge < -0.3 is 10.1 Å². The van der Waals surface area contributed by atoms with E-state index in [1.54, 1.807) is 24.3 Å². The van der Waals surface area contributed by atoms with Crippen molar-refractivity contribution in [3.05, 3.63) is 33.7 Å². The van der Waals surface area contributed by atoms with Crippen LogP contribution in [0.25, 0.3) is 6.08 Å². The van der Waals surface area contributed by atoms with Crippen LogP contribution in [0.5, 0.6) is 5.75 Å². The molecule has 0 spiro atoms. The summed E-state index contributed by atoms with van der Waals surface area (Å²) in [6.45, 7) is 2.66. The average Bonchev–Trinajstić information content (AvgIpc) is 2.67. The van der Waals surface area contributed by atoms with Crippen molar-refractivity contribution < 1.29 is 9.53 Å². The summed E-state index contributed by atoms with van der Waals surface area (Å²) in [5.41, 5.74) is 0.781. The minimum absolute atomic E-state index is 0.184.